The van der Waals surface area contributed by atoms with Gasteiger partial charge in [-0.25, -0.2) is 13.8 Å². The summed E-state index contributed by atoms with van der Waals surface area (Å²) in [6.45, 7) is 0. The molecule has 0 aliphatic heterocycles. The van der Waals surface area contributed by atoms with Crippen LogP contribution in [0.15, 0.2) is 10.5 Å². The summed E-state index contributed by atoms with van der Waals surface area (Å²) in [6, 6.07) is 1.23. The summed E-state index contributed by atoms with van der Waals surface area (Å²) in [5.74, 6) is 0.0622. The van der Waals surface area contributed by atoms with Gasteiger partial charge in [-0.05, 0) is 22.0 Å². The topological polar surface area (TPSA) is 12.9 Å². The number of alkyl halides is 3. The zero-order chi connectivity index (χ0) is 10.0. The molecule has 0 bridgehead atoms. The Hall–Kier alpha value is 0.0700. The van der Waals surface area contributed by atoms with E-state index in [9.17, 15) is 8.78 Å². The molecule has 1 nitrogen and oxygen atoms in total. The number of aromatic nitrogens is 1. The number of halogens is 5. The van der Waals surface area contributed by atoms with Crippen molar-refractivity contribution < 1.29 is 8.78 Å². The van der Waals surface area contributed by atoms with E-state index in [1.165, 1.54) is 6.07 Å². The average Bonchev–Trinajstić information content (AvgIpc) is 2.09. The van der Waals surface area contributed by atoms with Gasteiger partial charge in [0.25, 0.3) is 6.43 Å². The number of hydrogen-bond donors (Lipinski definition) is 0. The maximum Gasteiger partial charge on any atom is 0.265 e. The van der Waals surface area contributed by atoms with Crippen LogP contribution in [0.4, 0.5) is 8.78 Å². The van der Waals surface area contributed by atoms with Crippen LogP contribution in [0.1, 0.15) is 17.7 Å². The molecule has 1 heterocycles. The van der Waals surface area contributed by atoms with E-state index in [-0.39, 0.29) is 21.1 Å². The molecule has 0 aliphatic rings. The van der Waals surface area contributed by atoms with Gasteiger partial charge in [0.1, 0.15) is 5.15 Å². The lowest BCUT2D eigenvalue weighted by molar-refractivity contribution is 0.150. The zero-order valence-electron chi connectivity index (χ0n) is 6.20. The minimum atomic E-state index is -2.59. The third-order valence-electron chi connectivity index (χ3n) is 1.37. The van der Waals surface area contributed by atoms with Gasteiger partial charge in [0, 0.05) is 5.56 Å². The van der Waals surface area contributed by atoms with E-state index >= 15 is 0 Å². The van der Waals surface area contributed by atoms with Crippen molar-refractivity contribution in [3.05, 3.63) is 26.9 Å². The molecular weight excluding hydrogens is 287 g/mol. The smallest absolute Gasteiger partial charge is 0.239 e. The molecule has 0 amide bonds. The van der Waals surface area contributed by atoms with Gasteiger partial charge in [-0.3, -0.25) is 0 Å². The first-order chi connectivity index (χ1) is 6.06. The maximum atomic E-state index is 12.4. The van der Waals surface area contributed by atoms with Crippen molar-refractivity contribution in [1.82, 2.24) is 4.98 Å². The normalized spacial score (nSPS) is 10.9. The lowest BCUT2D eigenvalue weighted by Crippen LogP contribution is -1.94. The van der Waals surface area contributed by atoms with E-state index in [0.717, 1.165) is 0 Å². The highest BCUT2D eigenvalue weighted by molar-refractivity contribution is 9.10. The fraction of sp³-hybridized carbons (Fsp3) is 0.286. The summed E-state index contributed by atoms with van der Waals surface area (Å²) >= 11 is 14.0. The van der Waals surface area contributed by atoms with Crippen LogP contribution in [0, 0.1) is 0 Å². The lowest BCUT2D eigenvalue weighted by Gasteiger charge is -2.06. The van der Waals surface area contributed by atoms with E-state index in [4.69, 9.17) is 23.2 Å². The van der Waals surface area contributed by atoms with Crippen molar-refractivity contribution in [2.24, 2.45) is 0 Å². The molecule has 0 saturated heterocycles. The predicted octanol–water partition coefficient (Wildman–Crippen LogP) is 4.17. The second-order valence-electron chi connectivity index (χ2n) is 2.24. The largest absolute Gasteiger partial charge is 0.265 e. The second kappa shape index (κ2) is 4.53. The molecule has 0 fully saturated rings. The standard InChI is InChI=1S/C7H4BrCl2F2N/c8-5-4(7(11)12)1-3(2-9)13-6(5)10/h1,7H,2H2. The molecule has 0 spiro atoms. The fourth-order valence-corrected chi connectivity index (χ4v) is 1.53. The Morgan fingerprint density at radius 3 is 2.62 bits per heavy atom. The van der Waals surface area contributed by atoms with E-state index in [0.29, 0.717) is 5.69 Å². The summed E-state index contributed by atoms with van der Waals surface area (Å²) in [6.07, 6.45) is -2.59. The summed E-state index contributed by atoms with van der Waals surface area (Å²) in [4.78, 5) is 3.79. The molecular formula is C7H4BrCl2F2N. The average molecular weight is 291 g/mol. The van der Waals surface area contributed by atoms with Crippen LogP contribution in [0.5, 0.6) is 0 Å². The monoisotopic (exact) mass is 289 g/mol. The maximum absolute atomic E-state index is 12.4. The van der Waals surface area contributed by atoms with Crippen molar-refractivity contribution in [3.8, 4) is 0 Å². The highest BCUT2D eigenvalue weighted by atomic mass is 79.9. The van der Waals surface area contributed by atoms with Crippen LogP contribution in [0.2, 0.25) is 5.15 Å². The van der Waals surface area contributed by atoms with Crippen LogP contribution in [0.25, 0.3) is 0 Å². The fourth-order valence-electron chi connectivity index (χ4n) is 0.797. The van der Waals surface area contributed by atoms with Crippen LogP contribution < -0.4 is 0 Å². The van der Waals surface area contributed by atoms with Crippen molar-refractivity contribution in [3.63, 3.8) is 0 Å². The SMILES string of the molecule is FC(F)c1cc(CCl)nc(Cl)c1Br. The van der Waals surface area contributed by atoms with Crippen LogP contribution in [0.3, 0.4) is 0 Å². The summed E-state index contributed by atoms with van der Waals surface area (Å²) in [7, 11) is 0. The number of rotatable bonds is 2. The van der Waals surface area contributed by atoms with E-state index in [1.54, 1.807) is 0 Å². The molecule has 13 heavy (non-hydrogen) atoms. The van der Waals surface area contributed by atoms with Gasteiger partial charge < -0.3 is 0 Å². The highest BCUT2D eigenvalue weighted by Gasteiger charge is 2.16. The van der Waals surface area contributed by atoms with Crippen LogP contribution >= 0.6 is 39.1 Å². The Morgan fingerprint density at radius 1 is 1.54 bits per heavy atom. The van der Waals surface area contributed by atoms with Gasteiger partial charge in [0.05, 0.1) is 16.0 Å². The first kappa shape index (κ1) is 11.1. The molecule has 1 aromatic heterocycles. The zero-order valence-corrected chi connectivity index (χ0v) is 9.30. The molecule has 72 valence electrons. The van der Waals surface area contributed by atoms with Gasteiger partial charge in [-0.2, -0.15) is 0 Å². The Bertz CT molecular complexity index is 320. The highest BCUT2D eigenvalue weighted by Crippen LogP contribution is 2.32. The molecule has 0 saturated carbocycles. The summed E-state index contributed by atoms with van der Waals surface area (Å²) in [5.41, 5.74) is 0.154. The molecule has 1 rings (SSSR count). The Kier molecular flexibility index (Phi) is 3.88. The molecule has 1 aromatic rings. The molecule has 0 unspecified atom stereocenters. The van der Waals surface area contributed by atoms with Gasteiger partial charge >= 0.3 is 0 Å². The van der Waals surface area contributed by atoms with Gasteiger partial charge in [0.2, 0.25) is 0 Å². The number of hydrogen-bond acceptors (Lipinski definition) is 1. The number of pyridine rings is 1. The Labute approximate surface area is 92.2 Å². The van der Waals surface area contributed by atoms with Crippen LogP contribution in [-0.2, 0) is 5.88 Å². The predicted molar refractivity (Wildman–Crippen MR) is 51.5 cm³/mol. The van der Waals surface area contributed by atoms with Gasteiger partial charge in [0.15, 0.2) is 0 Å². The second-order valence-corrected chi connectivity index (χ2v) is 3.66. The van der Waals surface area contributed by atoms with Gasteiger partial charge in [-0.1, -0.05) is 11.6 Å². The van der Waals surface area contributed by atoms with Crippen LogP contribution in [-0.4, -0.2) is 4.98 Å². The lowest BCUT2D eigenvalue weighted by atomic mass is 10.2. The Balaban J connectivity index is 3.25. The molecule has 0 atom stereocenters. The Morgan fingerprint density at radius 2 is 2.15 bits per heavy atom. The van der Waals surface area contributed by atoms with Gasteiger partial charge in [-0.15, -0.1) is 11.6 Å². The van der Waals surface area contributed by atoms with Crippen molar-refractivity contribution >= 4 is 39.1 Å². The minimum Gasteiger partial charge on any atom is -0.239 e. The first-order valence-corrected chi connectivity index (χ1v) is 4.95. The molecule has 0 N–H and O–H groups in total. The third-order valence-corrected chi connectivity index (χ3v) is 2.98. The van der Waals surface area contributed by atoms with E-state index in [1.807, 2.05) is 0 Å². The van der Waals surface area contributed by atoms with Crippen molar-refractivity contribution in [1.29, 1.82) is 0 Å². The molecule has 0 radical (unpaired) electrons. The summed E-state index contributed by atoms with van der Waals surface area (Å²) < 4.78 is 24.9. The van der Waals surface area contributed by atoms with Crippen molar-refractivity contribution in [2.45, 2.75) is 12.3 Å². The molecule has 6 heteroatoms. The molecule has 0 aromatic carbocycles. The number of nitrogens with zero attached hydrogens (tertiary/aromatic N) is 1. The quantitative estimate of drug-likeness (QED) is 0.588. The summed E-state index contributed by atoms with van der Waals surface area (Å²) in [5, 5.41) is 0.00782. The van der Waals surface area contributed by atoms with E-state index < -0.39 is 6.43 Å². The van der Waals surface area contributed by atoms with E-state index in [2.05, 4.69) is 20.9 Å². The minimum absolute atomic E-state index is 0.00782. The first-order valence-electron chi connectivity index (χ1n) is 3.25. The molecule has 0 aliphatic carbocycles. The van der Waals surface area contributed by atoms with Crippen molar-refractivity contribution in [2.75, 3.05) is 0 Å². The third kappa shape index (κ3) is 2.51.